The van der Waals surface area contributed by atoms with Crippen molar-refractivity contribution in [3.8, 4) is 17.2 Å². The number of carbonyl (C=O) groups is 1. The molecule has 3 rings (SSSR count). The Morgan fingerprint density at radius 2 is 1.68 bits per heavy atom. The van der Waals surface area contributed by atoms with Crippen molar-refractivity contribution in [1.82, 2.24) is 5.43 Å². The van der Waals surface area contributed by atoms with Gasteiger partial charge in [-0.2, -0.15) is 13.5 Å². The van der Waals surface area contributed by atoms with Gasteiger partial charge in [-0.05, 0) is 74.0 Å². The van der Waals surface area contributed by atoms with E-state index in [0.29, 0.717) is 40.9 Å². The van der Waals surface area contributed by atoms with Crippen LogP contribution in [-0.2, 0) is 10.1 Å². The fourth-order valence-electron chi connectivity index (χ4n) is 2.85. The molecule has 0 aliphatic carbocycles. The Bertz CT molecular complexity index is 1280. The average molecular weight is 503 g/mol. The summed E-state index contributed by atoms with van der Waals surface area (Å²) in [6.45, 7) is 4.60. The number of hydrazone groups is 1. The quantitative estimate of drug-likeness (QED) is 0.245. The average Bonchev–Trinajstić information content (AvgIpc) is 2.80. The van der Waals surface area contributed by atoms with Crippen molar-refractivity contribution in [2.75, 3.05) is 13.2 Å². The molecule has 1 N–H and O–H groups in total. The minimum absolute atomic E-state index is 0.0231. The van der Waals surface area contributed by atoms with Crippen molar-refractivity contribution in [2.45, 2.75) is 18.7 Å². The first-order chi connectivity index (χ1) is 16.3. The molecule has 10 heteroatoms. The second kappa shape index (κ2) is 11.5. The summed E-state index contributed by atoms with van der Waals surface area (Å²) in [7, 11) is -4.03. The lowest BCUT2D eigenvalue weighted by atomic mass is 10.2. The van der Waals surface area contributed by atoms with Gasteiger partial charge in [0.15, 0.2) is 11.5 Å². The van der Waals surface area contributed by atoms with Crippen molar-refractivity contribution >= 4 is 33.8 Å². The molecule has 0 aliphatic rings. The van der Waals surface area contributed by atoms with E-state index in [1.807, 2.05) is 13.8 Å². The molecule has 0 unspecified atom stereocenters. The summed E-state index contributed by atoms with van der Waals surface area (Å²) < 4.78 is 41.1. The maximum absolute atomic E-state index is 12.5. The summed E-state index contributed by atoms with van der Waals surface area (Å²) in [4.78, 5) is 12.4. The topological polar surface area (TPSA) is 103 Å². The third kappa shape index (κ3) is 6.72. The van der Waals surface area contributed by atoms with Crippen LogP contribution in [0.25, 0.3) is 0 Å². The van der Waals surface area contributed by atoms with Crippen LogP contribution in [0.4, 0.5) is 0 Å². The molecule has 0 heterocycles. The van der Waals surface area contributed by atoms with Crippen molar-refractivity contribution in [3.63, 3.8) is 0 Å². The van der Waals surface area contributed by atoms with Gasteiger partial charge in [-0.25, -0.2) is 5.43 Å². The highest BCUT2D eigenvalue weighted by atomic mass is 35.5. The first-order valence-corrected chi connectivity index (χ1v) is 12.1. The van der Waals surface area contributed by atoms with Crippen molar-refractivity contribution in [3.05, 3.63) is 82.9 Å². The summed E-state index contributed by atoms with van der Waals surface area (Å²) in [5.41, 5.74) is 3.29. The van der Waals surface area contributed by atoms with Crippen LogP contribution in [-0.4, -0.2) is 33.8 Å². The predicted molar refractivity (Wildman–Crippen MR) is 130 cm³/mol. The predicted octanol–water partition coefficient (Wildman–Crippen LogP) is 4.67. The number of carbonyl (C=O) groups excluding carboxylic acids is 1. The van der Waals surface area contributed by atoms with E-state index >= 15 is 0 Å². The maximum Gasteiger partial charge on any atom is 0.339 e. The third-order valence-corrected chi connectivity index (χ3v) is 5.86. The zero-order chi connectivity index (χ0) is 24.6. The molecular weight excluding hydrogens is 480 g/mol. The Morgan fingerprint density at radius 3 is 2.38 bits per heavy atom. The molecule has 0 atom stereocenters. The van der Waals surface area contributed by atoms with Gasteiger partial charge in [0.25, 0.3) is 5.91 Å². The molecule has 0 bridgehead atoms. The largest absolute Gasteiger partial charge is 0.490 e. The van der Waals surface area contributed by atoms with Crippen LogP contribution in [0.3, 0.4) is 0 Å². The van der Waals surface area contributed by atoms with E-state index in [9.17, 15) is 13.2 Å². The molecule has 0 aromatic heterocycles. The molecule has 8 nitrogen and oxygen atoms in total. The summed E-state index contributed by atoms with van der Waals surface area (Å²) in [6, 6.07) is 16.8. The SMILES string of the molecule is CCOc1ccc(C(=O)N/N=C/c2cccc(OS(=O)(=O)c3ccc(Cl)cc3)c2)cc1OCC. The van der Waals surface area contributed by atoms with E-state index in [-0.39, 0.29) is 10.6 Å². The minimum atomic E-state index is -4.03. The van der Waals surface area contributed by atoms with E-state index < -0.39 is 16.0 Å². The van der Waals surface area contributed by atoms with E-state index in [1.54, 1.807) is 30.3 Å². The summed E-state index contributed by atoms with van der Waals surface area (Å²) >= 11 is 5.80. The van der Waals surface area contributed by atoms with Crippen molar-refractivity contribution in [2.24, 2.45) is 5.10 Å². The Labute approximate surface area is 203 Å². The van der Waals surface area contributed by atoms with Gasteiger partial charge in [0, 0.05) is 10.6 Å². The fourth-order valence-corrected chi connectivity index (χ4v) is 3.89. The number of halogens is 1. The molecule has 0 aliphatic heterocycles. The van der Waals surface area contributed by atoms with Gasteiger partial charge in [0.2, 0.25) is 0 Å². The monoisotopic (exact) mass is 502 g/mol. The van der Waals surface area contributed by atoms with Crippen LogP contribution in [0.2, 0.25) is 5.02 Å². The van der Waals surface area contributed by atoms with Gasteiger partial charge in [0.1, 0.15) is 10.6 Å². The molecule has 0 saturated heterocycles. The highest BCUT2D eigenvalue weighted by Gasteiger charge is 2.16. The van der Waals surface area contributed by atoms with Gasteiger partial charge in [-0.15, -0.1) is 0 Å². The van der Waals surface area contributed by atoms with Crippen molar-refractivity contribution < 1.29 is 26.9 Å². The molecule has 34 heavy (non-hydrogen) atoms. The van der Waals surface area contributed by atoms with Gasteiger partial charge < -0.3 is 13.7 Å². The third-order valence-electron chi connectivity index (χ3n) is 4.35. The number of amides is 1. The highest BCUT2D eigenvalue weighted by Crippen LogP contribution is 2.28. The molecule has 0 radical (unpaired) electrons. The zero-order valence-corrected chi connectivity index (χ0v) is 20.1. The summed E-state index contributed by atoms with van der Waals surface area (Å²) in [5, 5.41) is 4.36. The van der Waals surface area contributed by atoms with Crippen LogP contribution >= 0.6 is 11.6 Å². The normalized spacial score (nSPS) is 11.3. The molecule has 3 aromatic carbocycles. The van der Waals surface area contributed by atoms with Crippen LogP contribution < -0.4 is 19.1 Å². The van der Waals surface area contributed by atoms with E-state index in [0.717, 1.165) is 0 Å². The molecule has 0 saturated carbocycles. The molecule has 178 valence electrons. The number of nitrogens with zero attached hydrogens (tertiary/aromatic N) is 1. The second-order valence-corrected chi connectivity index (χ2v) is 8.77. The zero-order valence-electron chi connectivity index (χ0n) is 18.5. The standard InChI is InChI=1S/C24H23ClN2O6S/c1-3-31-22-13-8-18(15-23(22)32-4-2)24(28)27-26-16-17-6-5-7-20(14-17)33-34(29,30)21-11-9-19(25)10-12-21/h5-16H,3-4H2,1-2H3,(H,27,28)/b26-16+. The Kier molecular flexibility index (Phi) is 8.50. The van der Waals surface area contributed by atoms with E-state index in [1.165, 1.54) is 42.6 Å². The second-order valence-electron chi connectivity index (χ2n) is 6.79. The molecule has 0 spiro atoms. The van der Waals surface area contributed by atoms with E-state index in [2.05, 4.69) is 10.5 Å². The smallest absolute Gasteiger partial charge is 0.339 e. The molecule has 3 aromatic rings. The first kappa shape index (κ1) is 25.1. The van der Waals surface area contributed by atoms with Gasteiger partial charge in [-0.1, -0.05) is 23.7 Å². The van der Waals surface area contributed by atoms with Crippen LogP contribution in [0.5, 0.6) is 17.2 Å². The van der Waals surface area contributed by atoms with Gasteiger partial charge in [-0.3, -0.25) is 4.79 Å². The van der Waals surface area contributed by atoms with Crippen molar-refractivity contribution in [1.29, 1.82) is 0 Å². The van der Waals surface area contributed by atoms with Crippen LogP contribution in [0.1, 0.15) is 29.8 Å². The van der Waals surface area contributed by atoms with E-state index in [4.69, 9.17) is 25.3 Å². The Hall–Kier alpha value is -3.56. The maximum atomic E-state index is 12.5. The lowest BCUT2D eigenvalue weighted by Gasteiger charge is -2.11. The Balaban J connectivity index is 1.67. The highest BCUT2D eigenvalue weighted by molar-refractivity contribution is 7.87. The first-order valence-electron chi connectivity index (χ1n) is 10.4. The molecular formula is C24H23ClN2O6S. The van der Waals surface area contributed by atoms with Gasteiger partial charge in [0.05, 0.1) is 19.4 Å². The van der Waals surface area contributed by atoms with Gasteiger partial charge >= 0.3 is 10.1 Å². The summed E-state index contributed by atoms with van der Waals surface area (Å²) in [5.74, 6) is 0.665. The fraction of sp³-hybridized carbons (Fsp3) is 0.167. The number of hydrogen-bond donors (Lipinski definition) is 1. The number of ether oxygens (including phenoxy) is 2. The molecule has 0 fully saturated rings. The van der Waals surface area contributed by atoms with Crippen LogP contribution in [0, 0.1) is 0 Å². The molecule has 1 amide bonds. The minimum Gasteiger partial charge on any atom is -0.490 e. The van der Waals surface area contributed by atoms with Crippen LogP contribution in [0.15, 0.2) is 76.7 Å². The number of rotatable bonds is 10. The number of nitrogens with one attached hydrogen (secondary N) is 1. The number of benzene rings is 3. The lowest BCUT2D eigenvalue weighted by molar-refractivity contribution is 0.0954. The Morgan fingerprint density at radius 1 is 0.971 bits per heavy atom. The summed E-state index contributed by atoms with van der Waals surface area (Å²) in [6.07, 6.45) is 1.37. The number of hydrogen-bond acceptors (Lipinski definition) is 7. The lowest BCUT2D eigenvalue weighted by Crippen LogP contribution is -2.17.